The number of hydrogen-bond donors (Lipinski definition) is 2. The number of H-pyrrole nitrogens is 1. The van der Waals surface area contributed by atoms with Gasteiger partial charge in [-0.05, 0) is 24.3 Å². The zero-order valence-corrected chi connectivity index (χ0v) is 10.9. The van der Waals surface area contributed by atoms with Crippen molar-refractivity contribution in [2.75, 3.05) is 0 Å². The van der Waals surface area contributed by atoms with Gasteiger partial charge in [-0.1, -0.05) is 0 Å². The molecule has 3 rings (SSSR count). The van der Waals surface area contributed by atoms with Crippen molar-refractivity contribution >= 4 is 16.9 Å². The fourth-order valence-electron chi connectivity index (χ4n) is 1.90. The number of aromatic amines is 1. The number of pyridine rings is 2. The van der Waals surface area contributed by atoms with Crippen LogP contribution in [0.4, 0.5) is 0 Å². The standard InChI is InChI=1S/C14H10N6O/c15-6-10-4-3-9(7-17-10)14(21)18-8-12-11-2-1-5-16-13(11)20-19-12/h1-5,7H,8H2,(H,18,21)(H,16,19,20). The molecule has 0 aliphatic carbocycles. The topological polar surface area (TPSA) is 107 Å². The number of nitrogens with one attached hydrogen (secondary N) is 2. The molecule has 0 saturated carbocycles. The highest BCUT2D eigenvalue weighted by molar-refractivity contribution is 5.94. The molecule has 0 aromatic carbocycles. The number of nitrogens with zero attached hydrogens (tertiary/aromatic N) is 4. The number of aromatic nitrogens is 4. The summed E-state index contributed by atoms with van der Waals surface area (Å²) in [5.74, 6) is -0.265. The van der Waals surface area contributed by atoms with E-state index in [0.29, 0.717) is 17.8 Å². The van der Waals surface area contributed by atoms with E-state index in [1.807, 2.05) is 18.2 Å². The van der Waals surface area contributed by atoms with Gasteiger partial charge in [-0.3, -0.25) is 9.89 Å². The van der Waals surface area contributed by atoms with Crippen LogP contribution < -0.4 is 5.32 Å². The molecule has 3 aromatic heterocycles. The number of carbonyl (C=O) groups excluding carboxylic acids is 1. The second-order valence-corrected chi connectivity index (χ2v) is 4.30. The highest BCUT2D eigenvalue weighted by Crippen LogP contribution is 2.12. The molecule has 21 heavy (non-hydrogen) atoms. The van der Waals surface area contributed by atoms with Crippen molar-refractivity contribution in [2.45, 2.75) is 6.54 Å². The maximum Gasteiger partial charge on any atom is 0.253 e. The van der Waals surface area contributed by atoms with E-state index in [1.54, 1.807) is 12.3 Å². The molecule has 0 atom stereocenters. The highest BCUT2D eigenvalue weighted by Gasteiger charge is 2.09. The molecule has 0 radical (unpaired) electrons. The van der Waals surface area contributed by atoms with Crippen LogP contribution in [-0.4, -0.2) is 26.1 Å². The number of carbonyl (C=O) groups is 1. The lowest BCUT2D eigenvalue weighted by Gasteiger charge is -2.03. The maximum absolute atomic E-state index is 12.0. The van der Waals surface area contributed by atoms with Crippen LogP contribution in [0.3, 0.4) is 0 Å². The zero-order chi connectivity index (χ0) is 14.7. The average molecular weight is 278 g/mol. The van der Waals surface area contributed by atoms with Crippen LogP contribution in [0.15, 0.2) is 36.7 Å². The Balaban J connectivity index is 1.72. The normalized spacial score (nSPS) is 10.2. The van der Waals surface area contributed by atoms with Gasteiger partial charge in [-0.25, -0.2) is 9.97 Å². The van der Waals surface area contributed by atoms with Gasteiger partial charge in [0.15, 0.2) is 5.65 Å². The molecule has 3 aromatic rings. The second kappa shape index (κ2) is 5.38. The van der Waals surface area contributed by atoms with Gasteiger partial charge >= 0.3 is 0 Å². The molecule has 7 heteroatoms. The fraction of sp³-hybridized carbons (Fsp3) is 0.0714. The first-order valence-corrected chi connectivity index (χ1v) is 6.20. The van der Waals surface area contributed by atoms with Gasteiger partial charge in [0.25, 0.3) is 5.91 Å². The van der Waals surface area contributed by atoms with Crippen molar-refractivity contribution in [2.24, 2.45) is 0 Å². The maximum atomic E-state index is 12.0. The minimum Gasteiger partial charge on any atom is -0.346 e. The van der Waals surface area contributed by atoms with E-state index in [2.05, 4.69) is 25.5 Å². The van der Waals surface area contributed by atoms with Gasteiger partial charge < -0.3 is 5.32 Å². The largest absolute Gasteiger partial charge is 0.346 e. The van der Waals surface area contributed by atoms with Crippen molar-refractivity contribution in [3.63, 3.8) is 0 Å². The molecule has 0 fully saturated rings. The molecule has 0 aliphatic rings. The monoisotopic (exact) mass is 278 g/mol. The smallest absolute Gasteiger partial charge is 0.253 e. The summed E-state index contributed by atoms with van der Waals surface area (Å²) in [5, 5.41) is 19.2. The van der Waals surface area contributed by atoms with Gasteiger partial charge in [0.1, 0.15) is 11.8 Å². The summed E-state index contributed by atoms with van der Waals surface area (Å²) in [6.45, 7) is 0.307. The molecule has 0 unspecified atom stereocenters. The third kappa shape index (κ3) is 2.55. The van der Waals surface area contributed by atoms with E-state index in [1.165, 1.54) is 12.3 Å². The lowest BCUT2D eigenvalue weighted by molar-refractivity contribution is 0.0950. The Bertz CT molecular complexity index is 831. The second-order valence-electron chi connectivity index (χ2n) is 4.30. The van der Waals surface area contributed by atoms with Crippen LogP contribution in [0, 0.1) is 11.3 Å². The van der Waals surface area contributed by atoms with E-state index >= 15 is 0 Å². The van der Waals surface area contributed by atoms with Gasteiger partial charge in [0, 0.05) is 17.8 Å². The van der Waals surface area contributed by atoms with Gasteiger partial charge in [0.2, 0.25) is 0 Å². The Morgan fingerprint density at radius 2 is 2.24 bits per heavy atom. The van der Waals surface area contributed by atoms with Crippen molar-refractivity contribution in [3.8, 4) is 6.07 Å². The van der Waals surface area contributed by atoms with E-state index in [9.17, 15) is 4.79 Å². The Morgan fingerprint density at radius 1 is 1.33 bits per heavy atom. The Labute approximate surface area is 119 Å². The molecule has 1 amide bonds. The first kappa shape index (κ1) is 12.7. The lowest BCUT2D eigenvalue weighted by Crippen LogP contribution is -2.23. The fourth-order valence-corrected chi connectivity index (χ4v) is 1.90. The Kier molecular flexibility index (Phi) is 3.27. The number of rotatable bonds is 3. The summed E-state index contributed by atoms with van der Waals surface area (Å²) >= 11 is 0. The van der Waals surface area contributed by atoms with E-state index in [-0.39, 0.29) is 11.6 Å². The predicted octanol–water partition coefficient (Wildman–Crippen LogP) is 1.15. The van der Waals surface area contributed by atoms with Crippen LogP contribution in [0.25, 0.3) is 11.0 Å². The molecule has 2 N–H and O–H groups in total. The third-order valence-electron chi connectivity index (χ3n) is 2.97. The Morgan fingerprint density at radius 3 is 3.00 bits per heavy atom. The van der Waals surface area contributed by atoms with E-state index < -0.39 is 0 Å². The van der Waals surface area contributed by atoms with Crippen LogP contribution in [0.5, 0.6) is 0 Å². The van der Waals surface area contributed by atoms with Crippen molar-refractivity contribution in [1.82, 2.24) is 25.5 Å². The lowest BCUT2D eigenvalue weighted by atomic mass is 10.2. The first-order valence-electron chi connectivity index (χ1n) is 6.20. The molecule has 102 valence electrons. The highest BCUT2D eigenvalue weighted by atomic mass is 16.1. The number of amides is 1. The summed E-state index contributed by atoms with van der Waals surface area (Å²) in [4.78, 5) is 20.0. The average Bonchev–Trinajstić information content (AvgIpc) is 2.96. The minimum atomic E-state index is -0.265. The zero-order valence-electron chi connectivity index (χ0n) is 10.9. The van der Waals surface area contributed by atoms with Crippen LogP contribution in [0.1, 0.15) is 21.7 Å². The molecular weight excluding hydrogens is 268 g/mol. The van der Waals surface area contributed by atoms with Crippen LogP contribution in [-0.2, 0) is 6.54 Å². The van der Waals surface area contributed by atoms with Gasteiger partial charge in [-0.2, -0.15) is 10.4 Å². The van der Waals surface area contributed by atoms with E-state index in [0.717, 1.165) is 11.1 Å². The predicted molar refractivity (Wildman–Crippen MR) is 74.0 cm³/mol. The number of fused-ring (bicyclic) bond motifs is 1. The summed E-state index contributed by atoms with van der Waals surface area (Å²) in [7, 11) is 0. The first-order chi connectivity index (χ1) is 10.3. The van der Waals surface area contributed by atoms with Gasteiger partial charge in [0.05, 0.1) is 17.8 Å². The summed E-state index contributed by atoms with van der Waals surface area (Å²) in [6, 6.07) is 8.67. The number of nitriles is 1. The number of hydrogen-bond acceptors (Lipinski definition) is 5. The molecule has 7 nitrogen and oxygen atoms in total. The van der Waals surface area contributed by atoms with Crippen molar-refractivity contribution in [1.29, 1.82) is 5.26 Å². The Hall–Kier alpha value is -3.27. The van der Waals surface area contributed by atoms with Crippen molar-refractivity contribution in [3.05, 3.63) is 53.6 Å². The summed E-state index contributed by atoms with van der Waals surface area (Å²) in [6.07, 6.45) is 3.04. The molecular formula is C14H10N6O. The van der Waals surface area contributed by atoms with Crippen LogP contribution >= 0.6 is 0 Å². The summed E-state index contributed by atoms with van der Waals surface area (Å²) < 4.78 is 0. The molecule has 0 spiro atoms. The minimum absolute atomic E-state index is 0.265. The molecule has 0 saturated heterocycles. The van der Waals surface area contributed by atoms with E-state index in [4.69, 9.17) is 5.26 Å². The molecule has 3 heterocycles. The SMILES string of the molecule is N#Cc1ccc(C(=O)NCc2[nH]nc3ncccc23)cn1. The quantitative estimate of drug-likeness (QED) is 0.747. The summed E-state index contributed by atoms with van der Waals surface area (Å²) in [5.41, 5.74) is 2.07. The molecule has 0 aliphatic heterocycles. The van der Waals surface area contributed by atoms with Gasteiger partial charge in [-0.15, -0.1) is 0 Å². The third-order valence-corrected chi connectivity index (χ3v) is 2.97. The van der Waals surface area contributed by atoms with Crippen molar-refractivity contribution < 1.29 is 4.79 Å². The van der Waals surface area contributed by atoms with Crippen LogP contribution in [0.2, 0.25) is 0 Å². The molecule has 0 bridgehead atoms.